The summed E-state index contributed by atoms with van der Waals surface area (Å²) in [6, 6.07) is 16.2. The molecule has 0 aliphatic heterocycles. The van der Waals surface area contributed by atoms with E-state index in [4.69, 9.17) is 5.73 Å². The molecule has 1 aromatic heterocycles. The molecule has 2 nitrogen and oxygen atoms in total. The largest absolute Gasteiger partial charge is 0.320 e. The number of rotatable bonds is 2. The number of halogens is 2. The topological polar surface area (TPSA) is 38.9 Å². The van der Waals surface area contributed by atoms with Gasteiger partial charge in [0.2, 0.25) is 0 Å². The molecule has 0 bridgehead atoms. The van der Waals surface area contributed by atoms with Gasteiger partial charge in [-0.05, 0) is 64.0 Å². The van der Waals surface area contributed by atoms with Gasteiger partial charge in [-0.25, -0.2) is 0 Å². The third-order valence-corrected chi connectivity index (χ3v) is 4.74. The molecule has 0 saturated carbocycles. The van der Waals surface area contributed by atoms with Crippen molar-refractivity contribution in [3.05, 3.63) is 73.9 Å². The second-order valence-corrected chi connectivity index (χ2v) is 6.68. The Labute approximate surface area is 139 Å². The fourth-order valence-electron chi connectivity index (χ4n) is 2.19. The summed E-state index contributed by atoms with van der Waals surface area (Å²) in [5.74, 6) is 0. The monoisotopic (exact) mass is 438 g/mol. The zero-order chi connectivity index (χ0) is 14.1. The van der Waals surface area contributed by atoms with Gasteiger partial charge in [-0.3, -0.25) is 4.98 Å². The Bertz CT molecular complexity index is 773. The van der Waals surface area contributed by atoms with Gasteiger partial charge in [0.15, 0.2) is 0 Å². The maximum Gasteiger partial charge on any atom is 0.0702 e. The average molecular weight is 439 g/mol. The van der Waals surface area contributed by atoms with Gasteiger partial charge in [0.05, 0.1) is 11.6 Å². The van der Waals surface area contributed by atoms with E-state index in [2.05, 4.69) is 67.8 Å². The minimum absolute atomic E-state index is 0.170. The molecule has 0 amide bonds. The quantitative estimate of drug-likeness (QED) is 0.591. The van der Waals surface area contributed by atoms with E-state index in [0.29, 0.717) is 0 Å². The summed E-state index contributed by atoms with van der Waals surface area (Å²) in [5, 5.41) is 1.12. The SMILES string of the molecule is NC(c1cnc2ccccc2c1)c1cc(Br)ccc1I. The number of hydrogen-bond donors (Lipinski definition) is 1. The first-order chi connectivity index (χ1) is 9.65. The van der Waals surface area contributed by atoms with Crippen molar-refractivity contribution in [2.75, 3.05) is 0 Å². The molecule has 20 heavy (non-hydrogen) atoms. The lowest BCUT2D eigenvalue weighted by atomic mass is 10.00. The van der Waals surface area contributed by atoms with Gasteiger partial charge < -0.3 is 5.73 Å². The van der Waals surface area contributed by atoms with Crippen LogP contribution in [0, 0.1) is 3.57 Å². The number of pyridine rings is 1. The standard InChI is InChI=1S/C16H12BrIN2/c17-12-5-6-14(18)13(8-12)16(19)11-7-10-3-1-2-4-15(10)20-9-11/h1-9,16H,19H2. The lowest BCUT2D eigenvalue weighted by Crippen LogP contribution is -2.13. The summed E-state index contributed by atoms with van der Waals surface area (Å²) in [5.41, 5.74) is 9.54. The number of benzene rings is 2. The summed E-state index contributed by atoms with van der Waals surface area (Å²) in [7, 11) is 0. The third kappa shape index (κ3) is 2.73. The first-order valence-electron chi connectivity index (χ1n) is 6.20. The van der Waals surface area contributed by atoms with Crippen molar-refractivity contribution in [3.63, 3.8) is 0 Å². The smallest absolute Gasteiger partial charge is 0.0702 e. The van der Waals surface area contributed by atoms with E-state index in [0.717, 1.165) is 30.1 Å². The molecule has 1 atom stereocenters. The molecule has 0 aliphatic rings. The molecule has 0 saturated heterocycles. The summed E-state index contributed by atoms with van der Waals surface area (Å²) in [6.45, 7) is 0. The van der Waals surface area contributed by atoms with E-state index >= 15 is 0 Å². The van der Waals surface area contributed by atoms with Crippen LogP contribution in [0.1, 0.15) is 17.2 Å². The van der Waals surface area contributed by atoms with Crippen LogP contribution in [0.3, 0.4) is 0 Å². The Morgan fingerprint density at radius 2 is 1.90 bits per heavy atom. The van der Waals surface area contributed by atoms with E-state index in [1.54, 1.807) is 0 Å². The zero-order valence-electron chi connectivity index (χ0n) is 10.6. The predicted molar refractivity (Wildman–Crippen MR) is 94.6 cm³/mol. The van der Waals surface area contributed by atoms with Crippen LogP contribution in [-0.4, -0.2) is 4.98 Å². The highest BCUT2D eigenvalue weighted by Gasteiger charge is 2.13. The summed E-state index contributed by atoms with van der Waals surface area (Å²) in [6.07, 6.45) is 1.87. The molecule has 2 N–H and O–H groups in total. The lowest BCUT2D eigenvalue weighted by Gasteiger charge is -2.15. The van der Waals surface area contributed by atoms with Crippen LogP contribution in [0.4, 0.5) is 0 Å². The molecule has 1 unspecified atom stereocenters. The van der Waals surface area contributed by atoms with Gasteiger partial charge in [0.1, 0.15) is 0 Å². The Hall–Kier alpha value is -0.980. The highest BCUT2D eigenvalue weighted by molar-refractivity contribution is 14.1. The fraction of sp³-hybridized carbons (Fsp3) is 0.0625. The van der Waals surface area contributed by atoms with Crippen LogP contribution in [0.25, 0.3) is 10.9 Å². The summed E-state index contributed by atoms with van der Waals surface area (Å²) < 4.78 is 2.20. The van der Waals surface area contributed by atoms with Gasteiger partial charge >= 0.3 is 0 Å². The van der Waals surface area contributed by atoms with E-state index in [-0.39, 0.29) is 6.04 Å². The van der Waals surface area contributed by atoms with E-state index in [1.807, 2.05) is 30.5 Å². The highest BCUT2D eigenvalue weighted by Crippen LogP contribution is 2.28. The second kappa shape index (κ2) is 5.79. The molecular formula is C16H12BrIN2. The minimum Gasteiger partial charge on any atom is -0.320 e. The molecule has 0 spiro atoms. The number of nitrogens with two attached hydrogens (primary N) is 1. The van der Waals surface area contributed by atoms with Crippen molar-refractivity contribution in [2.45, 2.75) is 6.04 Å². The molecule has 3 rings (SSSR count). The van der Waals surface area contributed by atoms with Gasteiger partial charge in [-0.15, -0.1) is 0 Å². The molecule has 1 heterocycles. The Kier molecular flexibility index (Phi) is 4.05. The van der Waals surface area contributed by atoms with Crippen LogP contribution in [0.5, 0.6) is 0 Å². The molecule has 0 radical (unpaired) electrons. The van der Waals surface area contributed by atoms with Crippen LogP contribution < -0.4 is 5.73 Å². The summed E-state index contributed by atoms with van der Waals surface area (Å²) in [4.78, 5) is 4.49. The zero-order valence-corrected chi connectivity index (χ0v) is 14.3. The lowest BCUT2D eigenvalue weighted by molar-refractivity contribution is 0.860. The molecular weight excluding hydrogens is 427 g/mol. The maximum absolute atomic E-state index is 6.41. The first kappa shape index (κ1) is 14.0. The number of nitrogens with zero attached hydrogens (tertiary/aromatic N) is 1. The van der Waals surface area contributed by atoms with Crippen molar-refractivity contribution in [1.29, 1.82) is 0 Å². The van der Waals surface area contributed by atoms with Gasteiger partial charge in [0, 0.05) is 19.6 Å². The molecule has 100 valence electrons. The van der Waals surface area contributed by atoms with Crippen LogP contribution in [0.2, 0.25) is 0 Å². The maximum atomic E-state index is 6.41. The van der Waals surface area contributed by atoms with Crippen molar-refractivity contribution < 1.29 is 0 Å². The number of para-hydroxylation sites is 1. The van der Waals surface area contributed by atoms with Crippen LogP contribution >= 0.6 is 38.5 Å². The molecule has 4 heteroatoms. The van der Waals surface area contributed by atoms with E-state index < -0.39 is 0 Å². The van der Waals surface area contributed by atoms with Crippen molar-refractivity contribution in [3.8, 4) is 0 Å². The molecule has 3 aromatic rings. The normalized spacial score (nSPS) is 12.6. The third-order valence-electron chi connectivity index (χ3n) is 3.26. The molecule has 0 fully saturated rings. The number of fused-ring (bicyclic) bond motifs is 1. The van der Waals surface area contributed by atoms with Gasteiger partial charge in [-0.2, -0.15) is 0 Å². The first-order valence-corrected chi connectivity index (χ1v) is 8.07. The second-order valence-electron chi connectivity index (χ2n) is 4.60. The minimum atomic E-state index is -0.170. The Morgan fingerprint density at radius 3 is 2.75 bits per heavy atom. The van der Waals surface area contributed by atoms with E-state index in [9.17, 15) is 0 Å². The van der Waals surface area contributed by atoms with Crippen LogP contribution in [0.15, 0.2) is 59.2 Å². The predicted octanol–water partition coefficient (Wildman–Crippen LogP) is 4.65. The summed E-state index contributed by atoms with van der Waals surface area (Å²) >= 11 is 5.82. The van der Waals surface area contributed by atoms with E-state index in [1.165, 1.54) is 0 Å². The number of aromatic nitrogens is 1. The fourth-order valence-corrected chi connectivity index (χ4v) is 3.24. The van der Waals surface area contributed by atoms with Crippen molar-refractivity contribution in [1.82, 2.24) is 4.98 Å². The Balaban J connectivity index is 2.07. The Morgan fingerprint density at radius 1 is 1.10 bits per heavy atom. The highest BCUT2D eigenvalue weighted by atomic mass is 127. The average Bonchev–Trinajstić information content (AvgIpc) is 2.48. The molecule has 2 aromatic carbocycles. The van der Waals surface area contributed by atoms with Gasteiger partial charge in [-0.1, -0.05) is 34.1 Å². The molecule has 0 aliphatic carbocycles. The number of hydrogen-bond acceptors (Lipinski definition) is 2. The van der Waals surface area contributed by atoms with Crippen molar-refractivity contribution in [2.24, 2.45) is 5.73 Å². The van der Waals surface area contributed by atoms with Crippen molar-refractivity contribution >= 4 is 49.4 Å². The van der Waals surface area contributed by atoms with Crippen LogP contribution in [-0.2, 0) is 0 Å². The van der Waals surface area contributed by atoms with Gasteiger partial charge in [0.25, 0.3) is 0 Å².